The van der Waals surface area contributed by atoms with Gasteiger partial charge < -0.3 is 0 Å². The van der Waals surface area contributed by atoms with Gasteiger partial charge in [0.05, 0.1) is 6.04 Å². The van der Waals surface area contributed by atoms with Gasteiger partial charge in [-0.05, 0) is 32.1 Å². The van der Waals surface area contributed by atoms with Crippen molar-refractivity contribution in [1.29, 1.82) is 0 Å². The maximum absolute atomic E-state index is 11.9. The van der Waals surface area contributed by atoms with Crippen LogP contribution in [-0.2, 0) is 4.79 Å². The Morgan fingerprint density at radius 3 is 2.59 bits per heavy atom. The number of hydrogen-bond donors (Lipinski definition) is 0. The Balaban J connectivity index is 2.08. The first-order valence-corrected chi connectivity index (χ1v) is 7.52. The summed E-state index contributed by atoms with van der Waals surface area (Å²) in [5.41, 5.74) is 0. The third kappa shape index (κ3) is 2.84. The van der Waals surface area contributed by atoms with Crippen molar-refractivity contribution in [3.8, 4) is 0 Å². The van der Waals surface area contributed by atoms with Gasteiger partial charge in [0.1, 0.15) is 0 Å². The van der Waals surface area contributed by atoms with Crippen LogP contribution in [0.5, 0.6) is 0 Å². The highest BCUT2D eigenvalue weighted by molar-refractivity contribution is 8.14. The van der Waals surface area contributed by atoms with Crippen molar-refractivity contribution >= 4 is 22.8 Å². The molecule has 3 nitrogen and oxygen atoms in total. The zero-order chi connectivity index (χ0) is 12.6. The predicted molar refractivity (Wildman–Crippen MR) is 73.2 cm³/mol. The lowest BCUT2D eigenvalue weighted by molar-refractivity contribution is -0.128. The summed E-state index contributed by atoms with van der Waals surface area (Å²) in [7, 11) is 0. The number of carbonyl (C=O) groups excluding carboxylic acids is 1. The van der Waals surface area contributed by atoms with Crippen LogP contribution in [0.1, 0.15) is 40.5 Å². The van der Waals surface area contributed by atoms with Crippen molar-refractivity contribution in [2.75, 3.05) is 5.75 Å². The van der Waals surface area contributed by atoms with Crippen molar-refractivity contribution in [3.63, 3.8) is 0 Å². The number of rotatable bonds is 3. The van der Waals surface area contributed by atoms with E-state index in [2.05, 4.69) is 27.7 Å². The fourth-order valence-electron chi connectivity index (χ4n) is 2.34. The van der Waals surface area contributed by atoms with E-state index in [0.717, 1.165) is 16.8 Å². The molecule has 96 valence electrons. The second-order valence-electron chi connectivity index (χ2n) is 5.58. The van der Waals surface area contributed by atoms with Gasteiger partial charge in [0, 0.05) is 18.2 Å². The lowest BCUT2D eigenvalue weighted by Gasteiger charge is -2.31. The van der Waals surface area contributed by atoms with E-state index in [0.29, 0.717) is 18.4 Å². The zero-order valence-electron chi connectivity index (χ0n) is 11.1. The Morgan fingerprint density at radius 2 is 2.06 bits per heavy atom. The van der Waals surface area contributed by atoms with E-state index in [9.17, 15) is 4.79 Å². The van der Waals surface area contributed by atoms with E-state index >= 15 is 0 Å². The van der Waals surface area contributed by atoms with Crippen LogP contribution in [-0.4, -0.2) is 33.8 Å². The summed E-state index contributed by atoms with van der Waals surface area (Å²) in [6, 6.07) is 0.690. The molecule has 1 aliphatic carbocycles. The summed E-state index contributed by atoms with van der Waals surface area (Å²) in [6.07, 6.45) is 1.85. The second-order valence-corrected chi connectivity index (χ2v) is 6.64. The normalized spacial score (nSPS) is 31.8. The van der Waals surface area contributed by atoms with Gasteiger partial charge in [-0.25, -0.2) is 0 Å². The summed E-state index contributed by atoms with van der Waals surface area (Å²) in [5.74, 6) is 2.56. The molecule has 2 atom stereocenters. The summed E-state index contributed by atoms with van der Waals surface area (Å²) < 4.78 is 0. The van der Waals surface area contributed by atoms with Crippen molar-refractivity contribution < 1.29 is 4.79 Å². The molecule has 2 rings (SSSR count). The highest BCUT2D eigenvalue weighted by Gasteiger charge is 2.40. The van der Waals surface area contributed by atoms with E-state index in [4.69, 9.17) is 4.99 Å². The average molecular weight is 254 g/mol. The number of amides is 1. The van der Waals surface area contributed by atoms with Gasteiger partial charge in [0.15, 0.2) is 5.17 Å². The Kier molecular flexibility index (Phi) is 3.81. The fraction of sp³-hybridized carbons (Fsp3) is 0.846. The van der Waals surface area contributed by atoms with Crippen molar-refractivity contribution in [2.24, 2.45) is 16.8 Å². The van der Waals surface area contributed by atoms with Gasteiger partial charge in [0.25, 0.3) is 0 Å². The predicted octanol–water partition coefficient (Wildman–Crippen LogP) is 2.76. The number of aliphatic imine (C=N–C) groups is 1. The number of nitrogens with zero attached hydrogens (tertiary/aromatic N) is 2. The summed E-state index contributed by atoms with van der Waals surface area (Å²) in [5, 5.41) is 0.962. The van der Waals surface area contributed by atoms with Crippen LogP contribution in [0, 0.1) is 11.8 Å². The number of amidine groups is 1. The Hall–Kier alpha value is -0.510. The molecule has 4 heteroatoms. The highest BCUT2D eigenvalue weighted by Crippen LogP contribution is 2.41. The van der Waals surface area contributed by atoms with E-state index < -0.39 is 0 Å². The molecular formula is C13H22N2OS. The Labute approximate surface area is 108 Å². The van der Waals surface area contributed by atoms with Crippen LogP contribution in [0.25, 0.3) is 0 Å². The molecule has 0 radical (unpaired) electrons. The largest absolute Gasteiger partial charge is 0.289 e. The molecule has 0 aromatic carbocycles. The minimum absolute atomic E-state index is 0.227. The maximum Gasteiger partial charge on any atom is 0.229 e. The third-order valence-corrected chi connectivity index (χ3v) is 4.44. The molecule has 1 saturated carbocycles. The number of thioether (sulfide) groups is 1. The van der Waals surface area contributed by atoms with Crippen LogP contribution >= 0.6 is 11.8 Å². The van der Waals surface area contributed by atoms with E-state index in [-0.39, 0.29) is 11.9 Å². The van der Waals surface area contributed by atoms with Crippen LogP contribution < -0.4 is 0 Å². The van der Waals surface area contributed by atoms with Crippen LogP contribution in [0.3, 0.4) is 0 Å². The molecule has 2 fully saturated rings. The van der Waals surface area contributed by atoms with Gasteiger partial charge in [-0.1, -0.05) is 25.6 Å². The molecule has 0 aromatic rings. The van der Waals surface area contributed by atoms with Crippen LogP contribution in [0.2, 0.25) is 0 Å². The van der Waals surface area contributed by atoms with E-state index in [1.165, 1.54) is 6.42 Å². The average Bonchev–Trinajstić information content (AvgIpc) is 2.96. The zero-order valence-corrected chi connectivity index (χ0v) is 12.0. The molecule has 17 heavy (non-hydrogen) atoms. The third-order valence-electron chi connectivity index (χ3n) is 3.48. The standard InChI is InChI=1S/C13H22N2OS/c1-8(2)10-7-11(10)14-13-15(9(3)4)12(16)5-6-17-13/h8-11H,5-7H2,1-4H3. The number of hydrogen-bond acceptors (Lipinski definition) is 3. The van der Waals surface area contributed by atoms with Crippen molar-refractivity contribution in [3.05, 3.63) is 0 Å². The summed E-state index contributed by atoms with van der Waals surface area (Å²) in [4.78, 5) is 18.6. The Morgan fingerprint density at radius 1 is 1.35 bits per heavy atom. The molecule has 0 bridgehead atoms. The van der Waals surface area contributed by atoms with Crippen LogP contribution in [0.4, 0.5) is 0 Å². The molecule has 0 N–H and O–H groups in total. The lowest BCUT2D eigenvalue weighted by atomic mass is 10.1. The molecule has 0 spiro atoms. The maximum atomic E-state index is 11.9. The highest BCUT2D eigenvalue weighted by atomic mass is 32.2. The van der Waals surface area contributed by atoms with E-state index in [1.807, 2.05) is 4.90 Å². The fourth-order valence-corrected chi connectivity index (χ4v) is 3.46. The first-order valence-electron chi connectivity index (χ1n) is 6.53. The topological polar surface area (TPSA) is 32.7 Å². The molecular weight excluding hydrogens is 232 g/mol. The molecule has 2 aliphatic rings. The van der Waals surface area contributed by atoms with Gasteiger partial charge in [-0.3, -0.25) is 14.7 Å². The smallest absolute Gasteiger partial charge is 0.229 e. The lowest BCUT2D eigenvalue weighted by Crippen LogP contribution is -2.43. The first kappa shape index (κ1) is 12.9. The van der Waals surface area contributed by atoms with Crippen molar-refractivity contribution in [1.82, 2.24) is 4.90 Å². The number of carbonyl (C=O) groups is 1. The minimum atomic E-state index is 0.227. The molecule has 1 amide bonds. The van der Waals surface area contributed by atoms with Gasteiger partial charge in [-0.15, -0.1) is 0 Å². The van der Waals surface area contributed by atoms with E-state index in [1.54, 1.807) is 11.8 Å². The van der Waals surface area contributed by atoms with Crippen molar-refractivity contribution in [2.45, 2.75) is 52.6 Å². The molecule has 1 aliphatic heterocycles. The second kappa shape index (κ2) is 5.01. The quantitative estimate of drug-likeness (QED) is 0.776. The first-order chi connectivity index (χ1) is 8.00. The summed E-state index contributed by atoms with van der Waals surface area (Å²) in [6.45, 7) is 8.63. The van der Waals surface area contributed by atoms with Gasteiger partial charge in [-0.2, -0.15) is 0 Å². The molecule has 1 saturated heterocycles. The molecule has 2 unspecified atom stereocenters. The Bertz CT molecular complexity index is 338. The summed E-state index contributed by atoms with van der Waals surface area (Å²) >= 11 is 1.74. The molecule has 1 heterocycles. The molecule has 0 aromatic heterocycles. The SMILES string of the molecule is CC(C)C1CC1N=C1SCCC(=O)N1C(C)C. The van der Waals surface area contributed by atoms with Gasteiger partial charge >= 0.3 is 0 Å². The van der Waals surface area contributed by atoms with Gasteiger partial charge in [0.2, 0.25) is 5.91 Å². The monoisotopic (exact) mass is 254 g/mol. The van der Waals surface area contributed by atoms with Crippen LogP contribution in [0.15, 0.2) is 4.99 Å². The minimum Gasteiger partial charge on any atom is -0.289 e.